The molecule has 0 bridgehead atoms. The number of amides is 1. The molecule has 0 fully saturated rings. The zero-order valence-electron chi connectivity index (χ0n) is 12.3. The number of benzene rings is 1. The van der Waals surface area contributed by atoms with Crippen molar-refractivity contribution in [3.8, 4) is 11.5 Å². The second-order valence-corrected chi connectivity index (χ2v) is 5.75. The van der Waals surface area contributed by atoms with Crippen LogP contribution in [0.1, 0.15) is 15.9 Å². The van der Waals surface area contributed by atoms with Crippen LogP contribution in [-0.2, 0) is 6.54 Å². The molecular formula is C16H14N2O4S. The molecule has 3 rings (SSSR count). The van der Waals surface area contributed by atoms with E-state index in [0.717, 1.165) is 5.56 Å². The number of carbonyl (C=O) groups is 1. The Balaban J connectivity index is 1.88. The number of aromatic hydroxyl groups is 1. The number of H-pyrrole nitrogens is 1. The summed E-state index contributed by atoms with van der Waals surface area (Å²) in [5, 5.41) is 14.6. The zero-order chi connectivity index (χ0) is 16.4. The third-order valence-electron chi connectivity index (χ3n) is 3.45. The highest BCUT2D eigenvalue weighted by Gasteiger charge is 2.19. The molecule has 0 aliphatic carbocycles. The van der Waals surface area contributed by atoms with Crippen LogP contribution in [0.25, 0.3) is 10.2 Å². The number of para-hydroxylation sites is 1. The minimum absolute atomic E-state index is 0.185. The molecule has 0 saturated carbocycles. The molecule has 2 aromatic heterocycles. The van der Waals surface area contributed by atoms with Crippen molar-refractivity contribution >= 4 is 27.5 Å². The predicted molar refractivity (Wildman–Crippen MR) is 88.3 cm³/mol. The molecule has 7 heteroatoms. The van der Waals surface area contributed by atoms with Crippen molar-refractivity contribution in [1.29, 1.82) is 0 Å². The van der Waals surface area contributed by atoms with Crippen LogP contribution in [-0.4, -0.2) is 23.1 Å². The van der Waals surface area contributed by atoms with Gasteiger partial charge in [-0.15, -0.1) is 11.3 Å². The number of ether oxygens (including phenoxy) is 1. The van der Waals surface area contributed by atoms with E-state index < -0.39 is 11.5 Å². The Hall–Kier alpha value is -2.80. The number of aromatic amines is 1. The van der Waals surface area contributed by atoms with Gasteiger partial charge in [0.1, 0.15) is 11.3 Å². The molecule has 2 heterocycles. The summed E-state index contributed by atoms with van der Waals surface area (Å²) in [6.07, 6.45) is 0. The lowest BCUT2D eigenvalue weighted by Crippen LogP contribution is -2.29. The minimum Gasteiger partial charge on any atom is -0.505 e. The molecule has 0 aliphatic heterocycles. The smallest absolute Gasteiger partial charge is 0.265 e. The molecule has 0 spiro atoms. The first-order chi connectivity index (χ1) is 11.1. The van der Waals surface area contributed by atoms with Crippen molar-refractivity contribution in [2.24, 2.45) is 0 Å². The van der Waals surface area contributed by atoms with Gasteiger partial charge in [-0.1, -0.05) is 18.2 Å². The summed E-state index contributed by atoms with van der Waals surface area (Å²) < 4.78 is 5.69. The van der Waals surface area contributed by atoms with Gasteiger partial charge in [0.2, 0.25) is 0 Å². The molecule has 0 saturated heterocycles. The number of fused-ring (bicyclic) bond motifs is 1. The second-order valence-electron chi connectivity index (χ2n) is 4.84. The third-order valence-corrected chi connectivity index (χ3v) is 4.37. The number of rotatable bonds is 4. The van der Waals surface area contributed by atoms with Crippen LogP contribution in [0, 0.1) is 0 Å². The van der Waals surface area contributed by atoms with Crippen molar-refractivity contribution in [1.82, 2.24) is 10.3 Å². The topological polar surface area (TPSA) is 91.4 Å². The minimum atomic E-state index is -0.634. The van der Waals surface area contributed by atoms with Crippen molar-refractivity contribution < 1.29 is 14.6 Å². The standard InChI is InChI=1S/C16H14N2O4S/c1-22-11-5-3-2-4-9(11)8-17-15(20)12-13(19)14-10(6-7-23-14)18-16(12)21/h2-7H,8H2,1H3,(H,17,20)(H2,18,19,21). The maximum Gasteiger partial charge on any atom is 0.265 e. The molecule has 1 amide bonds. The van der Waals surface area contributed by atoms with Gasteiger partial charge >= 0.3 is 0 Å². The molecule has 6 nitrogen and oxygen atoms in total. The zero-order valence-corrected chi connectivity index (χ0v) is 13.1. The lowest BCUT2D eigenvalue weighted by atomic mass is 10.2. The van der Waals surface area contributed by atoms with E-state index in [4.69, 9.17) is 4.74 Å². The maximum atomic E-state index is 12.3. The quantitative estimate of drug-likeness (QED) is 0.684. The normalized spacial score (nSPS) is 10.7. The van der Waals surface area contributed by atoms with E-state index in [0.29, 0.717) is 16.0 Å². The number of aromatic nitrogens is 1. The number of nitrogens with one attached hydrogen (secondary N) is 2. The Labute approximate surface area is 135 Å². The van der Waals surface area contributed by atoms with Gasteiger partial charge in [-0.25, -0.2) is 0 Å². The van der Waals surface area contributed by atoms with E-state index in [1.54, 1.807) is 24.6 Å². The average Bonchev–Trinajstić information content (AvgIpc) is 3.01. The largest absolute Gasteiger partial charge is 0.505 e. The fraction of sp³-hybridized carbons (Fsp3) is 0.125. The fourth-order valence-corrected chi connectivity index (χ4v) is 3.12. The molecule has 0 radical (unpaired) electrons. The van der Waals surface area contributed by atoms with Crippen molar-refractivity contribution in [2.45, 2.75) is 6.54 Å². The highest BCUT2D eigenvalue weighted by atomic mass is 32.1. The predicted octanol–water partition coefficient (Wildman–Crippen LogP) is 2.23. The van der Waals surface area contributed by atoms with Gasteiger partial charge in [0, 0.05) is 12.1 Å². The number of thiophene rings is 1. The summed E-state index contributed by atoms with van der Waals surface area (Å²) in [7, 11) is 1.54. The molecule has 0 aliphatic rings. The van der Waals surface area contributed by atoms with E-state index in [9.17, 15) is 14.7 Å². The van der Waals surface area contributed by atoms with Crippen LogP contribution in [0.5, 0.6) is 11.5 Å². The van der Waals surface area contributed by atoms with Crippen LogP contribution in [0.2, 0.25) is 0 Å². The van der Waals surface area contributed by atoms with Gasteiger partial charge in [-0.2, -0.15) is 0 Å². The van der Waals surface area contributed by atoms with Gasteiger partial charge in [-0.3, -0.25) is 9.59 Å². The first-order valence-corrected chi connectivity index (χ1v) is 7.72. The molecule has 1 aromatic carbocycles. The Morgan fingerprint density at radius 2 is 2.13 bits per heavy atom. The van der Waals surface area contributed by atoms with Crippen molar-refractivity contribution in [3.05, 3.63) is 57.2 Å². The van der Waals surface area contributed by atoms with Gasteiger partial charge in [0.25, 0.3) is 11.5 Å². The molecule has 23 heavy (non-hydrogen) atoms. The lowest BCUT2D eigenvalue weighted by Gasteiger charge is -2.10. The molecular weight excluding hydrogens is 316 g/mol. The summed E-state index contributed by atoms with van der Waals surface area (Å²) in [6, 6.07) is 8.92. The molecule has 3 N–H and O–H groups in total. The molecule has 118 valence electrons. The summed E-state index contributed by atoms with van der Waals surface area (Å²) in [4.78, 5) is 26.9. The van der Waals surface area contributed by atoms with Crippen LogP contribution in [0.4, 0.5) is 0 Å². The SMILES string of the molecule is COc1ccccc1CNC(=O)c1c(O)c2sccc2[nH]c1=O. The van der Waals surface area contributed by atoms with Gasteiger partial charge in [0.05, 0.1) is 17.3 Å². The number of hydrogen-bond donors (Lipinski definition) is 3. The highest BCUT2D eigenvalue weighted by Crippen LogP contribution is 2.29. The first-order valence-electron chi connectivity index (χ1n) is 6.84. The number of methoxy groups -OCH3 is 1. The first kappa shape index (κ1) is 15.1. The van der Waals surface area contributed by atoms with E-state index >= 15 is 0 Å². The summed E-state index contributed by atoms with van der Waals surface area (Å²) >= 11 is 1.25. The summed E-state index contributed by atoms with van der Waals surface area (Å²) in [5.41, 5.74) is 0.385. The van der Waals surface area contributed by atoms with Gasteiger partial charge in [0.15, 0.2) is 5.75 Å². The van der Waals surface area contributed by atoms with Crippen LogP contribution in [0.15, 0.2) is 40.5 Å². The Bertz CT molecular complexity index is 929. The van der Waals surface area contributed by atoms with Gasteiger partial charge < -0.3 is 20.1 Å². The lowest BCUT2D eigenvalue weighted by molar-refractivity contribution is 0.0946. The Morgan fingerprint density at radius 1 is 1.35 bits per heavy atom. The molecule has 0 unspecified atom stereocenters. The van der Waals surface area contributed by atoms with Crippen LogP contribution in [0.3, 0.4) is 0 Å². The summed E-state index contributed by atoms with van der Waals surface area (Å²) in [6.45, 7) is 0.185. The van der Waals surface area contributed by atoms with E-state index in [1.165, 1.54) is 11.3 Å². The number of pyridine rings is 1. The Kier molecular flexibility index (Phi) is 4.03. The number of hydrogen-bond acceptors (Lipinski definition) is 5. The van der Waals surface area contributed by atoms with Crippen molar-refractivity contribution in [3.63, 3.8) is 0 Å². The highest BCUT2D eigenvalue weighted by molar-refractivity contribution is 7.17. The maximum absolute atomic E-state index is 12.3. The fourth-order valence-electron chi connectivity index (χ4n) is 2.32. The molecule has 0 atom stereocenters. The third kappa shape index (κ3) is 2.78. The van der Waals surface area contributed by atoms with Gasteiger partial charge in [-0.05, 0) is 17.5 Å². The van der Waals surface area contributed by atoms with Crippen molar-refractivity contribution in [2.75, 3.05) is 7.11 Å². The molecule has 3 aromatic rings. The summed E-state index contributed by atoms with van der Waals surface area (Å²) in [5.74, 6) is -0.291. The monoisotopic (exact) mass is 330 g/mol. The van der Waals surface area contributed by atoms with Crippen LogP contribution >= 0.6 is 11.3 Å². The second kappa shape index (κ2) is 6.13. The van der Waals surface area contributed by atoms with E-state index in [-0.39, 0.29) is 17.9 Å². The average molecular weight is 330 g/mol. The number of carbonyl (C=O) groups excluding carboxylic acids is 1. The van der Waals surface area contributed by atoms with E-state index in [1.807, 2.05) is 18.2 Å². The van der Waals surface area contributed by atoms with E-state index in [2.05, 4.69) is 10.3 Å². The van der Waals surface area contributed by atoms with Crippen LogP contribution < -0.4 is 15.6 Å². The Morgan fingerprint density at radius 3 is 2.91 bits per heavy atom.